The van der Waals surface area contributed by atoms with E-state index < -0.39 is 5.97 Å². The van der Waals surface area contributed by atoms with Crippen LogP contribution in [0.2, 0.25) is 0 Å². The minimum absolute atomic E-state index is 0.162. The molecule has 3 aromatic rings. The molecule has 0 unspecified atom stereocenters. The number of carbonyl (C=O) groups is 1. The molecule has 0 aliphatic rings. The Bertz CT molecular complexity index is 861. The van der Waals surface area contributed by atoms with Gasteiger partial charge in [-0.2, -0.15) is 5.10 Å². The third-order valence-corrected chi connectivity index (χ3v) is 3.79. The standard InChI is InChI=1S/C19H20N2O3/c1-12(2)15-11-18(24-19(22)17-6-5-9-23-17)21(20-15)16-8-7-13(3)10-14(16)4/h5-12H,1-4H3. The van der Waals surface area contributed by atoms with Crippen LogP contribution >= 0.6 is 0 Å². The van der Waals surface area contributed by atoms with Crippen molar-refractivity contribution in [3.63, 3.8) is 0 Å². The Kier molecular flexibility index (Phi) is 4.25. The molecule has 0 amide bonds. The molecule has 124 valence electrons. The van der Waals surface area contributed by atoms with Gasteiger partial charge in [0.05, 0.1) is 17.6 Å². The van der Waals surface area contributed by atoms with Crippen LogP contribution in [0, 0.1) is 13.8 Å². The molecule has 0 N–H and O–H groups in total. The molecule has 5 nitrogen and oxygen atoms in total. The Morgan fingerprint density at radius 3 is 2.62 bits per heavy atom. The number of rotatable bonds is 4. The summed E-state index contributed by atoms with van der Waals surface area (Å²) < 4.78 is 12.3. The number of carbonyl (C=O) groups excluding carboxylic acids is 1. The molecular weight excluding hydrogens is 304 g/mol. The predicted octanol–water partition coefficient (Wildman–Crippen LogP) is 4.42. The van der Waals surface area contributed by atoms with Crippen LogP contribution < -0.4 is 4.74 Å². The van der Waals surface area contributed by atoms with Crippen molar-refractivity contribution in [3.05, 3.63) is 65.2 Å². The highest BCUT2D eigenvalue weighted by Gasteiger charge is 2.19. The highest BCUT2D eigenvalue weighted by molar-refractivity contribution is 5.87. The van der Waals surface area contributed by atoms with E-state index in [9.17, 15) is 4.79 Å². The first-order chi connectivity index (χ1) is 11.5. The molecule has 2 heterocycles. The van der Waals surface area contributed by atoms with Crippen molar-refractivity contribution >= 4 is 5.97 Å². The van der Waals surface area contributed by atoms with Gasteiger partial charge in [0.15, 0.2) is 0 Å². The van der Waals surface area contributed by atoms with Gasteiger partial charge in [-0.25, -0.2) is 9.48 Å². The van der Waals surface area contributed by atoms with Crippen molar-refractivity contribution in [3.8, 4) is 11.6 Å². The van der Waals surface area contributed by atoms with E-state index in [4.69, 9.17) is 9.15 Å². The van der Waals surface area contributed by atoms with Crippen molar-refractivity contribution in [1.29, 1.82) is 0 Å². The van der Waals surface area contributed by atoms with Crippen molar-refractivity contribution in [2.24, 2.45) is 0 Å². The van der Waals surface area contributed by atoms with Crippen LogP contribution in [-0.4, -0.2) is 15.7 Å². The molecule has 0 spiro atoms. The molecule has 0 saturated heterocycles. The van der Waals surface area contributed by atoms with Gasteiger partial charge >= 0.3 is 5.97 Å². The zero-order chi connectivity index (χ0) is 17.3. The summed E-state index contributed by atoms with van der Waals surface area (Å²) in [6.45, 7) is 8.15. The molecule has 0 atom stereocenters. The number of furan rings is 1. The summed E-state index contributed by atoms with van der Waals surface area (Å²) in [5.41, 5.74) is 3.97. The maximum absolute atomic E-state index is 12.2. The monoisotopic (exact) mass is 324 g/mol. The highest BCUT2D eigenvalue weighted by atomic mass is 16.6. The van der Waals surface area contributed by atoms with E-state index in [1.165, 1.54) is 11.8 Å². The van der Waals surface area contributed by atoms with Gasteiger partial charge in [-0.1, -0.05) is 31.5 Å². The number of nitrogens with zero attached hydrogens (tertiary/aromatic N) is 2. The number of esters is 1. The lowest BCUT2D eigenvalue weighted by Gasteiger charge is -2.10. The van der Waals surface area contributed by atoms with Gasteiger partial charge in [0.25, 0.3) is 0 Å². The largest absolute Gasteiger partial charge is 0.457 e. The zero-order valence-corrected chi connectivity index (χ0v) is 14.2. The number of aromatic nitrogens is 2. The Balaban J connectivity index is 2.03. The molecule has 5 heteroatoms. The van der Waals surface area contributed by atoms with Gasteiger partial charge in [0.1, 0.15) is 0 Å². The minimum atomic E-state index is -0.541. The maximum atomic E-state index is 12.2. The lowest BCUT2D eigenvalue weighted by molar-refractivity contribution is 0.0689. The molecule has 24 heavy (non-hydrogen) atoms. The van der Waals surface area contributed by atoms with Gasteiger partial charge < -0.3 is 9.15 Å². The van der Waals surface area contributed by atoms with Crippen LogP contribution in [0.15, 0.2) is 47.1 Å². The molecule has 1 aromatic carbocycles. The lowest BCUT2D eigenvalue weighted by atomic mass is 10.1. The molecule has 0 saturated carbocycles. The number of aryl methyl sites for hydroxylation is 2. The molecule has 0 radical (unpaired) electrons. The molecular formula is C19H20N2O3. The van der Waals surface area contributed by atoms with Crippen LogP contribution in [-0.2, 0) is 0 Å². The van der Waals surface area contributed by atoms with Crippen LogP contribution in [0.25, 0.3) is 5.69 Å². The van der Waals surface area contributed by atoms with Gasteiger partial charge in [-0.15, -0.1) is 0 Å². The van der Waals surface area contributed by atoms with Crippen molar-refractivity contribution in [1.82, 2.24) is 9.78 Å². The summed E-state index contributed by atoms with van der Waals surface area (Å²) in [5.74, 6) is 0.223. The van der Waals surface area contributed by atoms with Crippen LogP contribution in [0.1, 0.15) is 47.1 Å². The second kappa shape index (κ2) is 6.35. The van der Waals surface area contributed by atoms with E-state index >= 15 is 0 Å². The van der Waals surface area contributed by atoms with Crippen molar-refractivity contribution in [2.75, 3.05) is 0 Å². The van der Waals surface area contributed by atoms with E-state index in [2.05, 4.69) is 11.2 Å². The maximum Gasteiger partial charge on any atom is 0.380 e. The fraction of sp³-hybridized carbons (Fsp3) is 0.263. The van der Waals surface area contributed by atoms with Gasteiger partial charge in [-0.3, -0.25) is 0 Å². The summed E-state index contributed by atoms with van der Waals surface area (Å²) in [4.78, 5) is 12.2. The highest BCUT2D eigenvalue weighted by Crippen LogP contribution is 2.26. The van der Waals surface area contributed by atoms with Gasteiger partial charge in [0, 0.05) is 6.07 Å². The van der Waals surface area contributed by atoms with E-state index in [1.54, 1.807) is 22.9 Å². The second-order valence-electron chi connectivity index (χ2n) is 6.13. The number of ether oxygens (including phenoxy) is 1. The van der Waals surface area contributed by atoms with Crippen LogP contribution in [0.3, 0.4) is 0 Å². The van der Waals surface area contributed by atoms with Gasteiger partial charge in [-0.05, 0) is 43.5 Å². The lowest BCUT2D eigenvalue weighted by Crippen LogP contribution is -2.11. The normalized spacial score (nSPS) is 11.0. The van der Waals surface area contributed by atoms with Crippen molar-refractivity contribution < 1.29 is 13.9 Å². The number of hydrogen-bond donors (Lipinski definition) is 0. The summed E-state index contributed by atoms with van der Waals surface area (Å²) in [6, 6.07) is 11.1. The van der Waals surface area contributed by atoms with Gasteiger partial charge in [0.2, 0.25) is 11.6 Å². The Hall–Kier alpha value is -2.82. The molecule has 3 rings (SSSR count). The number of hydrogen-bond acceptors (Lipinski definition) is 4. The second-order valence-corrected chi connectivity index (χ2v) is 6.13. The first-order valence-electron chi connectivity index (χ1n) is 7.89. The fourth-order valence-corrected chi connectivity index (χ4v) is 2.49. The zero-order valence-electron chi connectivity index (χ0n) is 14.2. The summed E-state index contributed by atoms with van der Waals surface area (Å²) in [7, 11) is 0. The van der Waals surface area contributed by atoms with Crippen LogP contribution in [0.4, 0.5) is 0 Å². The van der Waals surface area contributed by atoms with Crippen molar-refractivity contribution in [2.45, 2.75) is 33.6 Å². The first-order valence-corrected chi connectivity index (χ1v) is 7.89. The summed E-state index contributed by atoms with van der Waals surface area (Å²) >= 11 is 0. The molecule has 0 bridgehead atoms. The Morgan fingerprint density at radius 1 is 1.21 bits per heavy atom. The fourth-order valence-electron chi connectivity index (χ4n) is 2.49. The SMILES string of the molecule is Cc1ccc(-n2nc(C(C)C)cc2OC(=O)c2ccco2)c(C)c1. The summed E-state index contributed by atoms with van der Waals surface area (Å²) in [6.07, 6.45) is 1.44. The quantitative estimate of drug-likeness (QED) is 0.666. The van der Waals surface area contributed by atoms with E-state index in [-0.39, 0.29) is 11.7 Å². The Morgan fingerprint density at radius 2 is 2.00 bits per heavy atom. The van der Waals surface area contributed by atoms with Crippen LogP contribution in [0.5, 0.6) is 5.88 Å². The smallest absolute Gasteiger partial charge is 0.380 e. The average molecular weight is 324 g/mol. The first kappa shape index (κ1) is 16.1. The van der Waals surface area contributed by atoms with E-state index in [0.717, 1.165) is 16.9 Å². The molecule has 2 aromatic heterocycles. The summed E-state index contributed by atoms with van der Waals surface area (Å²) in [5, 5.41) is 4.61. The van der Waals surface area contributed by atoms with E-state index in [0.29, 0.717) is 5.88 Å². The van der Waals surface area contributed by atoms with E-state index in [1.807, 2.05) is 39.8 Å². The number of benzene rings is 1. The third kappa shape index (κ3) is 3.11. The average Bonchev–Trinajstić information content (AvgIpc) is 3.17. The third-order valence-electron chi connectivity index (χ3n) is 3.79. The molecule has 0 aliphatic carbocycles. The molecule has 0 fully saturated rings. The Labute approximate surface area is 140 Å². The minimum Gasteiger partial charge on any atom is -0.457 e. The molecule has 0 aliphatic heterocycles. The topological polar surface area (TPSA) is 57.3 Å². The predicted molar refractivity (Wildman–Crippen MR) is 90.8 cm³/mol.